The first-order valence-corrected chi connectivity index (χ1v) is 8.88. The molecular formula is C19H18N2O4S. The SMILES string of the molecule is COC(=O)c1cccc(CN2C(=O)S[C@H](Nc3ccc(C)cc3)C2=O)c1. The van der Waals surface area contributed by atoms with Crippen LogP contribution < -0.4 is 5.32 Å². The summed E-state index contributed by atoms with van der Waals surface area (Å²) in [6.45, 7) is 2.09. The Bertz CT molecular complexity index is 851. The number of thioether (sulfide) groups is 1. The van der Waals surface area contributed by atoms with Crippen molar-refractivity contribution in [1.29, 1.82) is 0 Å². The number of rotatable bonds is 5. The van der Waals surface area contributed by atoms with Gasteiger partial charge >= 0.3 is 5.97 Å². The lowest BCUT2D eigenvalue weighted by molar-refractivity contribution is -0.126. The Hall–Kier alpha value is -2.80. The third kappa shape index (κ3) is 3.88. The van der Waals surface area contributed by atoms with Gasteiger partial charge in [-0.1, -0.05) is 29.8 Å². The highest BCUT2D eigenvalue weighted by atomic mass is 32.2. The third-order valence-corrected chi connectivity index (χ3v) is 4.94. The van der Waals surface area contributed by atoms with E-state index < -0.39 is 11.3 Å². The summed E-state index contributed by atoms with van der Waals surface area (Å²) in [6.07, 6.45) is 0. The number of hydrogen-bond donors (Lipinski definition) is 1. The van der Waals surface area contributed by atoms with Crippen molar-refractivity contribution in [1.82, 2.24) is 4.90 Å². The number of ether oxygens (including phenoxy) is 1. The van der Waals surface area contributed by atoms with E-state index in [1.165, 1.54) is 12.0 Å². The molecule has 1 fully saturated rings. The number of imide groups is 1. The molecule has 2 amide bonds. The first kappa shape index (κ1) is 18.0. The zero-order chi connectivity index (χ0) is 18.7. The molecule has 1 aliphatic rings. The van der Waals surface area contributed by atoms with Gasteiger partial charge in [-0.2, -0.15) is 0 Å². The number of amides is 2. The van der Waals surface area contributed by atoms with Gasteiger partial charge in [0.15, 0.2) is 5.37 Å². The van der Waals surface area contributed by atoms with Gasteiger partial charge in [0.25, 0.3) is 11.1 Å². The van der Waals surface area contributed by atoms with Crippen LogP contribution in [0, 0.1) is 6.92 Å². The summed E-state index contributed by atoms with van der Waals surface area (Å²) in [7, 11) is 1.31. The Morgan fingerprint density at radius 2 is 1.92 bits per heavy atom. The molecule has 0 radical (unpaired) electrons. The second kappa shape index (κ2) is 7.61. The summed E-state index contributed by atoms with van der Waals surface area (Å²) in [4.78, 5) is 37.7. The lowest BCUT2D eigenvalue weighted by Gasteiger charge is -2.15. The monoisotopic (exact) mass is 370 g/mol. The molecule has 2 aromatic rings. The minimum atomic E-state index is -0.658. The van der Waals surface area contributed by atoms with Crippen LogP contribution in [-0.2, 0) is 16.1 Å². The maximum atomic E-state index is 12.6. The number of anilines is 1. The van der Waals surface area contributed by atoms with Gasteiger partial charge in [-0.25, -0.2) is 4.79 Å². The van der Waals surface area contributed by atoms with E-state index in [9.17, 15) is 14.4 Å². The third-order valence-electron chi connectivity index (χ3n) is 3.97. The Morgan fingerprint density at radius 3 is 2.62 bits per heavy atom. The summed E-state index contributed by atoms with van der Waals surface area (Å²) >= 11 is 0.950. The predicted octanol–water partition coefficient (Wildman–Crippen LogP) is 3.42. The van der Waals surface area contributed by atoms with Crippen LogP contribution in [0.15, 0.2) is 48.5 Å². The maximum absolute atomic E-state index is 12.6. The molecular weight excluding hydrogens is 352 g/mol. The largest absolute Gasteiger partial charge is 0.465 e. The Kier molecular flexibility index (Phi) is 5.27. The molecule has 0 bridgehead atoms. The van der Waals surface area contributed by atoms with Gasteiger partial charge in [0.1, 0.15) is 0 Å². The summed E-state index contributed by atoms with van der Waals surface area (Å²) in [5, 5.41) is 2.10. The molecule has 7 heteroatoms. The van der Waals surface area contributed by atoms with Crippen molar-refractivity contribution < 1.29 is 19.1 Å². The highest BCUT2D eigenvalue weighted by Gasteiger charge is 2.39. The molecule has 1 heterocycles. The number of hydrogen-bond acceptors (Lipinski definition) is 6. The minimum Gasteiger partial charge on any atom is -0.465 e. The minimum absolute atomic E-state index is 0.113. The van der Waals surface area contributed by atoms with E-state index in [1.54, 1.807) is 24.3 Å². The van der Waals surface area contributed by atoms with E-state index in [4.69, 9.17) is 4.74 Å². The zero-order valence-electron chi connectivity index (χ0n) is 14.4. The first-order valence-electron chi connectivity index (χ1n) is 8.00. The number of benzene rings is 2. The smallest absolute Gasteiger partial charge is 0.337 e. The fourth-order valence-corrected chi connectivity index (χ4v) is 3.48. The molecule has 0 saturated carbocycles. The fourth-order valence-electron chi connectivity index (χ4n) is 2.58. The first-order chi connectivity index (χ1) is 12.5. The fraction of sp³-hybridized carbons (Fsp3) is 0.211. The second-order valence-electron chi connectivity index (χ2n) is 5.89. The van der Waals surface area contributed by atoms with Crippen LogP contribution in [0.5, 0.6) is 0 Å². The number of aryl methyl sites for hydroxylation is 1. The van der Waals surface area contributed by atoms with Crippen molar-refractivity contribution in [3.63, 3.8) is 0 Å². The molecule has 0 aromatic heterocycles. The van der Waals surface area contributed by atoms with Crippen LogP contribution >= 0.6 is 11.8 Å². The Labute approximate surface area is 155 Å². The van der Waals surface area contributed by atoms with Crippen molar-refractivity contribution in [3.05, 3.63) is 65.2 Å². The van der Waals surface area contributed by atoms with Crippen LogP contribution in [0.2, 0.25) is 0 Å². The summed E-state index contributed by atoms with van der Waals surface area (Å²) in [5.74, 6) is -0.761. The van der Waals surface area contributed by atoms with Gasteiger partial charge in [-0.05, 0) is 48.5 Å². The number of methoxy groups -OCH3 is 1. The van der Waals surface area contributed by atoms with Crippen LogP contribution in [-0.4, -0.2) is 34.5 Å². The lowest BCUT2D eigenvalue weighted by atomic mass is 10.1. The van der Waals surface area contributed by atoms with Crippen molar-refractivity contribution in [2.24, 2.45) is 0 Å². The summed E-state index contributed by atoms with van der Waals surface area (Å²) in [5.41, 5.74) is 2.96. The molecule has 26 heavy (non-hydrogen) atoms. The van der Waals surface area contributed by atoms with E-state index in [0.29, 0.717) is 11.1 Å². The Morgan fingerprint density at radius 1 is 1.19 bits per heavy atom. The molecule has 3 rings (SSSR count). The second-order valence-corrected chi connectivity index (χ2v) is 6.95. The van der Waals surface area contributed by atoms with Crippen molar-refractivity contribution in [2.75, 3.05) is 12.4 Å². The van der Waals surface area contributed by atoms with Crippen LogP contribution in [0.3, 0.4) is 0 Å². The van der Waals surface area contributed by atoms with Gasteiger partial charge in [0.2, 0.25) is 0 Å². The quantitative estimate of drug-likeness (QED) is 0.813. The number of nitrogens with one attached hydrogen (secondary N) is 1. The van der Waals surface area contributed by atoms with Crippen LogP contribution in [0.25, 0.3) is 0 Å². The topological polar surface area (TPSA) is 75.7 Å². The molecule has 2 aromatic carbocycles. The highest BCUT2D eigenvalue weighted by Crippen LogP contribution is 2.29. The average Bonchev–Trinajstić information content (AvgIpc) is 2.90. The van der Waals surface area contributed by atoms with E-state index >= 15 is 0 Å². The van der Waals surface area contributed by atoms with Gasteiger partial charge in [-0.3, -0.25) is 14.5 Å². The number of esters is 1. The van der Waals surface area contributed by atoms with Gasteiger partial charge < -0.3 is 10.1 Å². The standard InChI is InChI=1S/C19H18N2O4S/c1-12-6-8-15(9-7-12)20-16-17(22)21(19(24)26-16)11-13-4-3-5-14(10-13)18(23)25-2/h3-10,16,20H,11H2,1-2H3/t16-/m0/s1. The molecule has 1 atom stereocenters. The molecule has 1 N–H and O–H groups in total. The number of carbonyl (C=O) groups is 3. The molecule has 6 nitrogen and oxygen atoms in total. The van der Waals surface area contributed by atoms with E-state index in [2.05, 4.69) is 5.32 Å². The van der Waals surface area contributed by atoms with Gasteiger partial charge in [0.05, 0.1) is 19.2 Å². The Balaban J connectivity index is 1.71. The molecule has 134 valence electrons. The van der Waals surface area contributed by atoms with Crippen LogP contribution in [0.1, 0.15) is 21.5 Å². The lowest BCUT2D eigenvalue weighted by Crippen LogP contribution is -2.34. The summed E-state index contributed by atoms with van der Waals surface area (Å²) in [6, 6.07) is 14.3. The number of carbonyl (C=O) groups excluding carboxylic acids is 3. The van der Waals surface area contributed by atoms with Gasteiger partial charge in [0, 0.05) is 5.69 Å². The van der Waals surface area contributed by atoms with Crippen LogP contribution in [0.4, 0.5) is 10.5 Å². The molecule has 1 saturated heterocycles. The highest BCUT2D eigenvalue weighted by molar-refractivity contribution is 8.15. The maximum Gasteiger partial charge on any atom is 0.337 e. The predicted molar refractivity (Wildman–Crippen MR) is 99.9 cm³/mol. The molecule has 1 aliphatic heterocycles. The average molecular weight is 370 g/mol. The van der Waals surface area contributed by atoms with Crippen molar-refractivity contribution >= 4 is 34.6 Å². The van der Waals surface area contributed by atoms with Gasteiger partial charge in [-0.15, -0.1) is 0 Å². The van der Waals surface area contributed by atoms with E-state index in [-0.39, 0.29) is 17.7 Å². The summed E-state index contributed by atoms with van der Waals surface area (Å²) < 4.78 is 4.69. The van der Waals surface area contributed by atoms with E-state index in [0.717, 1.165) is 23.0 Å². The molecule has 0 spiro atoms. The van der Waals surface area contributed by atoms with Crippen molar-refractivity contribution in [3.8, 4) is 0 Å². The van der Waals surface area contributed by atoms with Crippen molar-refractivity contribution in [2.45, 2.75) is 18.8 Å². The molecule has 0 aliphatic carbocycles. The van der Waals surface area contributed by atoms with E-state index in [1.807, 2.05) is 31.2 Å². The number of nitrogens with zero attached hydrogens (tertiary/aromatic N) is 1. The normalized spacial score (nSPS) is 16.7. The zero-order valence-corrected chi connectivity index (χ0v) is 15.2. The molecule has 0 unspecified atom stereocenters.